The van der Waals surface area contributed by atoms with E-state index in [4.69, 9.17) is 0 Å². The molecule has 1 N–H and O–H groups in total. The molecule has 19 heavy (non-hydrogen) atoms. The molecule has 0 spiro atoms. The van der Waals surface area contributed by atoms with Crippen molar-refractivity contribution in [3.63, 3.8) is 0 Å². The summed E-state index contributed by atoms with van der Waals surface area (Å²) in [7, 11) is 1.34. The molecule has 0 unspecified atom stereocenters. The van der Waals surface area contributed by atoms with E-state index in [0.717, 1.165) is 29.4 Å². The molecule has 0 aliphatic rings. The summed E-state index contributed by atoms with van der Waals surface area (Å²) in [5.74, 6) is -0.431. The second kappa shape index (κ2) is 6.29. The molecule has 5 nitrogen and oxygen atoms in total. The fraction of sp³-hybridized carbons (Fsp3) is 0.308. The Balaban J connectivity index is 1.90. The van der Waals surface area contributed by atoms with Gasteiger partial charge in [0.15, 0.2) is 0 Å². The minimum Gasteiger partial charge on any atom is -0.464 e. The molecule has 6 heteroatoms. The van der Waals surface area contributed by atoms with Crippen LogP contribution < -0.4 is 5.32 Å². The number of pyridine rings is 1. The maximum Gasteiger partial charge on any atom is 0.356 e. The molecule has 0 amide bonds. The van der Waals surface area contributed by atoms with Crippen molar-refractivity contribution in [1.29, 1.82) is 0 Å². The number of carbonyl (C=O) groups is 1. The van der Waals surface area contributed by atoms with Gasteiger partial charge < -0.3 is 10.1 Å². The number of aryl methyl sites for hydroxylation is 1. The molecule has 0 bridgehead atoms. The van der Waals surface area contributed by atoms with Crippen molar-refractivity contribution >= 4 is 23.0 Å². The molecule has 0 atom stereocenters. The number of nitrogens with zero attached hydrogens (tertiary/aromatic N) is 2. The molecule has 0 aromatic carbocycles. The fourth-order valence-electron chi connectivity index (χ4n) is 1.59. The van der Waals surface area contributed by atoms with Gasteiger partial charge >= 0.3 is 5.97 Å². The molecule has 2 heterocycles. The maximum atomic E-state index is 11.3. The first-order valence-corrected chi connectivity index (χ1v) is 6.76. The summed E-state index contributed by atoms with van der Waals surface area (Å²) in [4.78, 5) is 19.7. The van der Waals surface area contributed by atoms with Crippen molar-refractivity contribution in [3.8, 4) is 0 Å². The Bertz CT molecular complexity index is 569. The lowest BCUT2D eigenvalue weighted by Gasteiger charge is -2.06. The van der Waals surface area contributed by atoms with E-state index in [2.05, 4.69) is 20.0 Å². The van der Waals surface area contributed by atoms with Crippen molar-refractivity contribution in [2.75, 3.05) is 19.0 Å². The Morgan fingerprint density at radius 3 is 3.05 bits per heavy atom. The van der Waals surface area contributed by atoms with Crippen molar-refractivity contribution in [2.45, 2.75) is 13.3 Å². The smallest absolute Gasteiger partial charge is 0.356 e. The molecule has 0 aliphatic heterocycles. The summed E-state index contributed by atoms with van der Waals surface area (Å²) in [6.45, 7) is 2.75. The number of ether oxygens (including phenoxy) is 1. The molecule has 0 fully saturated rings. The molecular weight excluding hydrogens is 262 g/mol. The van der Waals surface area contributed by atoms with Crippen LogP contribution in [0.15, 0.2) is 23.7 Å². The number of thiazole rings is 1. The van der Waals surface area contributed by atoms with Gasteiger partial charge in [0.1, 0.15) is 5.69 Å². The van der Waals surface area contributed by atoms with Crippen LogP contribution in [-0.2, 0) is 11.2 Å². The minimum atomic E-state index is -0.431. The van der Waals surface area contributed by atoms with Gasteiger partial charge in [0.2, 0.25) is 0 Å². The van der Waals surface area contributed by atoms with Gasteiger partial charge in [-0.15, -0.1) is 11.3 Å². The number of aromatic nitrogens is 2. The Labute approximate surface area is 115 Å². The third-order valence-electron chi connectivity index (χ3n) is 2.49. The highest BCUT2D eigenvalue weighted by atomic mass is 32.1. The van der Waals surface area contributed by atoms with Gasteiger partial charge in [0, 0.05) is 35.9 Å². The summed E-state index contributed by atoms with van der Waals surface area (Å²) in [6, 6.07) is 3.50. The summed E-state index contributed by atoms with van der Waals surface area (Å²) in [5, 5.41) is 6.38. The van der Waals surface area contributed by atoms with Crippen molar-refractivity contribution in [2.24, 2.45) is 0 Å². The number of methoxy groups -OCH3 is 1. The zero-order valence-electron chi connectivity index (χ0n) is 10.8. The Hall–Kier alpha value is -1.95. The van der Waals surface area contributed by atoms with Gasteiger partial charge in [-0.3, -0.25) is 0 Å². The molecule has 2 aromatic rings. The van der Waals surface area contributed by atoms with E-state index in [1.807, 2.05) is 18.4 Å². The first kappa shape index (κ1) is 13.5. The first-order valence-electron chi connectivity index (χ1n) is 5.88. The molecule has 0 saturated heterocycles. The topological polar surface area (TPSA) is 64.1 Å². The molecular formula is C13H15N3O2S. The van der Waals surface area contributed by atoms with E-state index in [1.165, 1.54) is 7.11 Å². The molecule has 2 aromatic heterocycles. The Morgan fingerprint density at radius 1 is 1.53 bits per heavy atom. The number of anilines is 1. The zero-order chi connectivity index (χ0) is 13.7. The third-order valence-corrected chi connectivity index (χ3v) is 3.52. The summed E-state index contributed by atoms with van der Waals surface area (Å²) in [5.41, 5.74) is 2.21. The number of nitrogens with one attached hydrogen (secondary N) is 1. The van der Waals surface area contributed by atoms with Crippen LogP contribution in [0.25, 0.3) is 0 Å². The van der Waals surface area contributed by atoms with Crippen LogP contribution in [0.5, 0.6) is 0 Å². The highest BCUT2D eigenvalue weighted by Crippen LogP contribution is 2.11. The summed E-state index contributed by atoms with van der Waals surface area (Å²) >= 11 is 1.66. The Morgan fingerprint density at radius 2 is 2.37 bits per heavy atom. The molecule has 0 radical (unpaired) electrons. The summed E-state index contributed by atoms with van der Waals surface area (Å²) in [6.07, 6.45) is 2.44. The maximum absolute atomic E-state index is 11.3. The van der Waals surface area contributed by atoms with Gasteiger partial charge in [-0.25, -0.2) is 14.8 Å². The van der Waals surface area contributed by atoms with Crippen molar-refractivity contribution < 1.29 is 9.53 Å². The van der Waals surface area contributed by atoms with Crippen LogP contribution in [0.4, 0.5) is 5.69 Å². The number of hydrogen-bond acceptors (Lipinski definition) is 6. The average Bonchev–Trinajstić information content (AvgIpc) is 2.84. The second-order valence-electron chi connectivity index (χ2n) is 3.98. The molecule has 100 valence electrons. The van der Waals surface area contributed by atoms with Gasteiger partial charge in [-0.05, 0) is 19.1 Å². The van der Waals surface area contributed by atoms with Crippen LogP contribution in [-0.4, -0.2) is 29.6 Å². The predicted octanol–water partition coefficient (Wildman–Crippen LogP) is 2.29. The Kier molecular flexibility index (Phi) is 4.46. The average molecular weight is 277 g/mol. The lowest BCUT2D eigenvalue weighted by Crippen LogP contribution is -2.08. The van der Waals surface area contributed by atoms with Crippen molar-refractivity contribution in [3.05, 3.63) is 40.1 Å². The van der Waals surface area contributed by atoms with Crippen LogP contribution in [0.1, 0.15) is 21.2 Å². The third kappa shape index (κ3) is 3.75. The van der Waals surface area contributed by atoms with E-state index in [-0.39, 0.29) is 0 Å². The van der Waals surface area contributed by atoms with Gasteiger partial charge in [-0.1, -0.05) is 0 Å². The number of esters is 1. The monoisotopic (exact) mass is 277 g/mol. The van der Waals surface area contributed by atoms with Crippen LogP contribution >= 0.6 is 11.3 Å². The molecule has 2 rings (SSSR count). The quantitative estimate of drug-likeness (QED) is 0.849. The number of hydrogen-bond donors (Lipinski definition) is 1. The SMILES string of the molecule is COC(=O)c1cc(NCCc2nc(C)cs2)ccn1. The molecule has 0 aliphatic carbocycles. The second-order valence-corrected chi connectivity index (χ2v) is 4.92. The van der Waals surface area contributed by atoms with Crippen LogP contribution in [0.2, 0.25) is 0 Å². The van der Waals surface area contributed by atoms with E-state index < -0.39 is 5.97 Å². The largest absolute Gasteiger partial charge is 0.464 e. The van der Waals surface area contributed by atoms with E-state index in [9.17, 15) is 4.79 Å². The normalized spacial score (nSPS) is 10.2. The predicted molar refractivity (Wildman–Crippen MR) is 74.6 cm³/mol. The number of rotatable bonds is 5. The molecule has 0 saturated carbocycles. The van der Waals surface area contributed by atoms with E-state index in [1.54, 1.807) is 23.6 Å². The highest BCUT2D eigenvalue weighted by molar-refractivity contribution is 7.09. The van der Waals surface area contributed by atoms with Gasteiger partial charge in [-0.2, -0.15) is 0 Å². The van der Waals surface area contributed by atoms with E-state index in [0.29, 0.717) is 5.69 Å². The van der Waals surface area contributed by atoms with Gasteiger partial charge in [0.25, 0.3) is 0 Å². The fourth-order valence-corrected chi connectivity index (χ4v) is 2.36. The van der Waals surface area contributed by atoms with Crippen LogP contribution in [0, 0.1) is 6.92 Å². The van der Waals surface area contributed by atoms with E-state index >= 15 is 0 Å². The van der Waals surface area contributed by atoms with Crippen LogP contribution in [0.3, 0.4) is 0 Å². The van der Waals surface area contributed by atoms with Crippen molar-refractivity contribution in [1.82, 2.24) is 9.97 Å². The van der Waals surface area contributed by atoms with Gasteiger partial charge in [0.05, 0.1) is 12.1 Å². The minimum absolute atomic E-state index is 0.303. The standard InChI is InChI=1S/C13H15N3O2S/c1-9-8-19-12(16-9)4-6-14-10-3-5-15-11(7-10)13(17)18-2/h3,5,7-8H,4,6H2,1-2H3,(H,14,15). The zero-order valence-corrected chi connectivity index (χ0v) is 11.7. The summed E-state index contributed by atoms with van der Waals surface area (Å²) < 4.78 is 4.63. The number of carbonyl (C=O) groups excluding carboxylic acids is 1. The lowest BCUT2D eigenvalue weighted by atomic mass is 10.3. The lowest BCUT2D eigenvalue weighted by molar-refractivity contribution is 0.0594. The highest BCUT2D eigenvalue weighted by Gasteiger charge is 2.07. The first-order chi connectivity index (χ1) is 9.19.